The smallest absolute Gasteiger partial charge is 0.306 e. The molecule has 0 saturated carbocycles. The van der Waals surface area contributed by atoms with Gasteiger partial charge in [-0.25, -0.2) is 9.37 Å². The molecule has 0 radical (unpaired) electrons. The predicted octanol–water partition coefficient (Wildman–Crippen LogP) is 6.11. The Hall–Kier alpha value is -2.71. The zero-order chi connectivity index (χ0) is 29.7. The average Bonchev–Trinajstić information content (AvgIpc) is 3.26. The highest BCUT2D eigenvalue weighted by Gasteiger charge is 2.39. The second-order valence-corrected chi connectivity index (χ2v) is 13.3. The molecule has 1 saturated heterocycles. The molecule has 41 heavy (non-hydrogen) atoms. The quantitative estimate of drug-likeness (QED) is 0.310. The predicted molar refractivity (Wildman–Crippen MR) is 160 cm³/mol. The van der Waals surface area contributed by atoms with Gasteiger partial charge in [0.2, 0.25) is 0 Å². The van der Waals surface area contributed by atoms with Gasteiger partial charge in [0, 0.05) is 44.9 Å². The van der Waals surface area contributed by atoms with E-state index in [1.807, 2.05) is 65.0 Å². The summed E-state index contributed by atoms with van der Waals surface area (Å²) in [5.74, 6) is 1.25. The van der Waals surface area contributed by atoms with Crippen LogP contribution in [0.15, 0.2) is 36.4 Å². The Balaban J connectivity index is 1.43. The molecule has 7 nitrogen and oxygen atoms in total. The fourth-order valence-electron chi connectivity index (χ4n) is 5.85. The van der Waals surface area contributed by atoms with Crippen molar-refractivity contribution < 1.29 is 23.4 Å². The monoisotopic (exact) mass is 569 g/mol. The van der Waals surface area contributed by atoms with E-state index in [1.54, 1.807) is 7.11 Å². The van der Waals surface area contributed by atoms with Crippen molar-refractivity contribution in [1.29, 1.82) is 0 Å². The van der Waals surface area contributed by atoms with Gasteiger partial charge in [-0.05, 0) is 96.0 Å². The summed E-state index contributed by atoms with van der Waals surface area (Å²) < 4.78 is 33.2. The van der Waals surface area contributed by atoms with Crippen molar-refractivity contribution in [2.24, 2.45) is 0 Å². The van der Waals surface area contributed by atoms with Gasteiger partial charge in [0.15, 0.2) is 0 Å². The zero-order valence-corrected chi connectivity index (χ0v) is 25.7. The van der Waals surface area contributed by atoms with Gasteiger partial charge in [-0.15, -0.1) is 0 Å². The summed E-state index contributed by atoms with van der Waals surface area (Å²) in [4.78, 5) is 19.8. The van der Waals surface area contributed by atoms with E-state index in [9.17, 15) is 4.79 Å². The van der Waals surface area contributed by atoms with Crippen LogP contribution in [0.25, 0.3) is 0 Å². The Morgan fingerprint density at radius 1 is 1.20 bits per heavy atom. The summed E-state index contributed by atoms with van der Waals surface area (Å²) in [6.45, 7) is 12.5. The first kappa shape index (κ1) is 31.2. The Bertz CT molecular complexity index is 1180. The highest BCUT2D eigenvalue weighted by molar-refractivity contribution is 5.71. The summed E-state index contributed by atoms with van der Waals surface area (Å²) in [5, 5.41) is 3.37. The van der Waals surface area contributed by atoms with Gasteiger partial charge in [0.25, 0.3) is 0 Å². The van der Waals surface area contributed by atoms with Crippen LogP contribution in [0.2, 0.25) is 0 Å². The maximum absolute atomic E-state index is 16.0. The molecule has 1 aromatic heterocycles. The lowest BCUT2D eigenvalue weighted by atomic mass is 9.94. The molecule has 2 aliphatic rings. The summed E-state index contributed by atoms with van der Waals surface area (Å²) in [6.07, 6.45) is 3.90. The highest BCUT2D eigenvalue weighted by Crippen LogP contribution is 2.34. The van der Waals surface area contributed by atoms with Crippen LogP contribution in [0.3, 0.4) is 0 Å². The summed E-state index contributed by atoms with van der Waals surface area (Å²) >= 11 is 0. The van der Waals surface area contributed by atoms with Crippen LogP contribution in [0.1, 0.15) is 83.0 Å². The van der Waals surface area contributed by atoms with Crippen LogP contribution < -0.4 is 10.1 Å². The number of aryl methyl sites for hydroxylation is 2. The lowest BCUT2D eigenvalue weighted by Crippen LogP contribution is -2.34. The van der Waals surface area contributed by atoms with Gasteiger partial charge < -0.3 is 19.5 Å². The molecule has 0 bridgehead atoms. The first-order chi connectivity index (χ1) is 19.3. The second-order valence-electron chi connectivity index (χ2n) is 13.3. The number of fused-ring (bicyclic) bond motifs is 1. The van der Waals surface area contributed by atoms with Crippen LogP contribution in [-0.4, -0.2) is 72.6 Å². The molecule has 226 valence electrons. The molecule has 2 aliphatic heterocycles. The van der Waals surface area contributed by atoms with Crippen LogP contribution in [0.5, 0.6) is 5.75 Å². The number of aromatic nitrogens is 1. The number of benzene rings is 1. The molecule has 0 aliphatic carbocycles. The van der Waals surface area contributed by atoms with Crippen LogP contribution in [-0.2, 0) is 27.1 Å². The first-order valence-corrected chi connectivity index (χ1v) is 15.0. The van der Waals surface area contributed by atoms with E-state index >= 15 is 4.39 Å². The number of pyridine rings is 1. The maximum atomic E-state index is 16.0. The van der Waals surface area contributed by atoms with E-state index in [0.717, 1.165) is 36.5 Å². The SMILES string of the molecule is COCC(C)(C)Oc1cccc(C(CC(=O)OC(C)(C)C)CN2CC[C@@](F)(CCc3ccc4c(n3)NCCC4)C2)c1. The third-order valence-corrected chi connectivity index (χ3v) is 7.69. The van der Waals surface area contributed by atoms with E-state index in [4.69, 9.17) is 19.2 Å². The number of alkyl halides is 1. The standard InChI is InChI=1S/C33H48FN3O4/c1-31(2,3)41-29(38)20-26(25-9-7-11-28(19-25)40-32(4,5)23-39-6)21-37-18-16-33(34,22-37)15-14-27-13-12-24-10-8-17-35-30(24)36-27/h7,9,11-13,19,26H,8,10,14-18,20-23H2,1-6H3,(H,35,36)/t26?,33-/m0/s1. The fraction of sp³-hybridized carbons (Fsp3) is 0.636. The Labute approximate surface area is 245 Å². The van der Waals surface area contributed by atoms with Gasteiger partial charge in [-0.1, -0.05) is 18.2 Å². The molecule has 1 unspecified atom stereocenters. The van der Waals surface area contributed by atoms with Crippen molar-refractivity contribution in [3.8, 4) is 5.75 Å². The summed E-state index contributed by atoms with van der Waals surface area (Å²) in [5.41, 5.74) is 0.804. The molecule has 4 rings (SSSR count). The fourth-order valence-corrected chi connectivity index (χ4v) is 5.85. The number of nitrogens with one attached hydrogen (secondary N) is 1. The minimum Gasteiger partial charge on any atom is -0.485 e. The Kier molecular flexibility index (Phi) is 9.96. The van der Waals surface area contributed by atoms with E-state index in [-0.39, 0.29) is 18.3 Å². The van der Waals surface area contributed by atoms with Crippen LogP contribution in [0.4, 0.5) is 10.2 Å². The van der Waals surface area contributed by atoms with Crippen molar-refractivity contribution in [1.82, 2.24) is 9.88 Å². The number of hydrogen-bond donors (Lipinski definition) is 1. The van der Waals surface area contributed by atoms with Gasteiger partial charge in [0.05, 0.1) is 13.0 Å². The van der Waals surface area contributed by atoms with E-state index < -0.39 is 16.9 Å². The molecule has 1 aromatic carbocycles. The van der Waals surface area contributed by atoms with Crippen molar-refractivity contribution >= 4 is 11.8 Å². The molecule has 0 amide bonds. The summed E-state index contributed by atoms with van der Waals surface area (Å²) in [6, 6.07) is 12.0. The van der Waals surface area contributed by atoms with Gasteiger partial charge in [-0.2, -0.15) is 0 Å². The number of hydrogen-bond acceptors (Lipinski definition) is 7. The number of methoxy groups -OCH3 is 1. The third-order valence-electron chi connectivity index (χ3n) is 7.69. The largest absolute Gasteiger partial charge is 0.485 e. The first-order valence-electron chi connectivity index (χ1n) is 15.0. The molecule has 2 atom stereocenters. The van der Waals surface area contributed by atoms with E-state index in [2.05, 4.69) is 16.3 Å². The van der Waals surface area contributed by atoms with Gasteiger partial charge in [0.1, 0.15) is 28.4 Å². The van der Waals surface area contributed by atoms with Crippen LogP contribution >= 0.6 is 0 Å². The molecule has 1 fully saturated rings. The van der Waals surface area contributed by atoms with Crippen molar-refractivity contribution in [2.45, 2.75) is 95.9 Å². The van der Waals surface area contributed by atoms with Crippen molar-refractivity contribution in [2.75, 3.05) is 45.2 Å². The lowest BCUT2D eigenvalue weighted by Gasteiger charge is -2.28. The number of esters is 1. The van der Waals surface area contributed by atoms with Gasteiger partial charge >= 0.3 is 5.97 Å². The number of anilines is 1. The number of carbonyl (C=O) groups is 1. The van der Waals surface area contributed by atoms with E-state index in [0.29, 0.717) is 51.3 Å². The number of rotatable bonds is 12. The molecule has 3 heterocycles. The van der Waals surface area contributed by atoms with Gasteiger partial charge in [-0.3, -0.25) is 9.69 Å². The number of carbonyl (C=O) groups excluding carboxylic acids is 1. The minimum absolute atomic E-state index is 0.158. The number of ether oxygens (including phenoxy) is 3. The maximum Gasteiger partial charge on any atom is 0.306 e. The Morgan fingerprint density at radius 3 is 2.76 bits per heavy atom. The molecular weight excluding hydrogens is 521 g/mol. The topological polar surface area (TPSA) is 72.9 Å². The number of halogens is 1. The average molecular weight is 570 g/mol. The molecule has 1 N–H and O–H groups in total. The molecule has 2 aromatic rings. The second kappa shape index (κ2) is 13.1. The zero-order valence-electron chi connectivity index (χ0n) is 25.7. The minimum atomic E-state index is -1.28. The number of nitrogens with zero attached hydrogens (tertiary/aromatic N) is 2. The lowest BCUT2D eigenvalue weighted by molar-refractivity contribution is -0.155. The van der Waals surface area contributed by atoms with Crippen molar-refractivity contribution in [3.05, 3.63) is 53.2 Å². The highest BCUT2D eigenvalue weighted by atomic mass is 19.1. The van der Waals surface area contributed by atoms with E-state index in [1.165, 1.54) is 5.56 Å². The molecule has 8 heteroatoms. The normalized spacial score (nSPS) is 20.3. The third kappa shape index (κ3) is 9.40. The van der Waals surface area contributed by atoms with Crippen LogP contribution in [0, 0.1) is 0 Å². The van der Waals surface area contributed by atoms with Crippen molar-refractivity contribution in [3.63, 3.8) is 0 Å². The molecule has 0 spiro atoms. The Morgan fingerprint density at radius 2 is 2.00 bits per heavy atom. The number of likely N-dealkylation sites (tertiary alicyclic amines) is 1. The summed E-state index contributed by atoms with van der Waals surface area (Å²) in [7, 11) is 1.65. The molecular formula is C33H48FN3O4.